The fourth-order valence-electron chi connectivity index (χ4n) is 2.95. The Hall–Kier alpha value is -2.08. The fraction of sp³-hybridized carbons (Fsp3) is 0.526. The van der Waals surface area contributed by atoms with Crippen LogP contribution in [0.1, 0.15) is 64.9 Å². The summed E-state index contributed by atoms with van der Waals surface area (Å²) in [5.41, 5.74) is -0.204. The molecule has 1 aliphatic carbocycles. The SMILES string of the molecule is CC[C@@H](NC(=O)OC(C)(C)C)c1nc2cccc(Cl)c2c(=O)n1C1CC1. The average molecular weight is 378 g/mol. The van der Waals surface area contributed by atoms with Gasteiger partial charge in [0.2, 0.25) is 0 Å². The van der Waals surface area contributed by atoms with Gasteiger partial charge in [0.25, 0.3) is 5.56 Å². The lowest BCUT2D eigenvalue weighted by atomic mass is 10.1. The topological polar surface area (TPSA) is 73.2 Å². The molecule has 0 saturated heterocycles. The largest absolute Gasteiger partial charge is 0.444 e. The molecular formula is C19H24ClN3O3. The van der Waals surface area contributed by atoms with E-state index in [0.717, 1.165) is 12.8 Å². The first-order valence-electron chi connectivity index (χ1n) is 8.91. The van der Waals surface area contributed by atoms with Gasteiger partial charge < -0.3 is 10.1 Å². The van der Waals surface area contributed by atoms with E-state index in [1.807, 2.05) is 27.7 Å². The second-order valence-electron chi connectivity index (χ2n) is 7.62. The van der Waals surface area contributed by atoms with Crippen LogP contribution in [0.15, 0.2) is 23.0 Å². The molecule has 1 amide bonds. The Morgan fingerprint density at radius 2 is 2.12 bits per heavy atom. The quantitative estimate of drug-likeness (QED) is 0.859. The second-order valence-corrected chi connectivity index (χ2v) is 8.02. The van der Waals surface area contributed by atoms with Crippen molar-refractivity contribution in [3.8, 4) is 0 Å². The van der Waals surface area contributed by atoms with Gasteiger partial charge in [-0.2, -0.15) is 0 Å². The minimum absolute atomic E-state index is 0.111. The summed E-state index contributed by atoms with van der Waals surface area (Å²) in [6.07, 6.45) is 1.91. The zero-order chi connectivity index (χ0) is 19.1. The molecule has 0 radical (unpaired) electrons. The van der Waals surface area contributed by atoms with Crippen molar-refractivity contribution in [3.63, 3.8) is 0 Å². The van der Waals surface area contributed by atoms with Gasteiger partial charge in [-0.15, -0.1) is 0 Å². The lowest BCUT2D eigenvalue weighted by molar-refractivity contribution is 0.0498. The van der Waals surface area contributed by atoms with Gasteiger partial charge in [0.05, 0.1) is 22.0 Å². The third-order valence-electron chi connectivity index (χ3n) is 4.23. The van der Waals surface area contributed by atoms with E-state index in [-0.39, 0.29) is 11.6 Å². The van der Waals surface area contributed by atoms with Crippen molar-refractivity contribution in [2.75, 3.05) is 0 Å². The van der Waals surface area contributed by atoms with Crippen LogP contribution in [0.5, 0.6) is 0 Å². The second kappa shape index (κ2) is 6.91. The number of ether oxygens (including phenoxy) is 1. The molecule has 1 aromatic carbocycles. The van der Waals surface area contributed by atoms with E-state index in [4.69, 9.17) is 16.3 Å². The fourth-order valence-corrected chi connectivity index (χ4v) is 3.20. The number of fused-ring (bicyclic) bond motifs is 1. The number of amides is 1. The van der Waals surface area contributed by atoms with Crippen LogP contribution in [0.4, 0.5) is 4.79 Å². The Labute approximate surface area is 157 Å². The molecule has 0 aliphatic heterocycles. The lowest BCUT2D eigenvalue weighted by Gasteiger charge is -2.24. The van der Waals surface area contributed by atoms with E-state index in [0.29, 0.717) is 28.2 Å². The third kappa shape index (κ3) is 3.85. The summed E-state index contributed by atoms with van der Waals surface area (Å²) in [5, 5.41) is 3.68. The standard InChI is InChI=1S/C19H24ClN3O3/c1-5-13(22-18(25)26-19(2,3)4)16-21-14-8-6-7-12(20)15(14)17(24)23(16)11-9-10-11/h6-8,11,13H,5,9-10H2,1-4H3,(H,22,25)/t13-/m1/s1. The number of alkyl carbamates (subject to hydrolysis) is 1. The van der Waals surface area contributed by atoms with Crippen LogP contribution in [-0.2, 0) is 4.74 Å². The number of nitrogens with zero attached hydrogens (tertiary/aromatic N) is 2. The van der Waals surface area contributed by atoms with Crippen LogP contribution >= 0.6 is 11.6 Å². The van der Waals surface area contributed by atoms with Crippen molar-refractivity contribution in [1.29, 1.82) is 0 Å². The monoisotopic (exact) mass is 377 g/mol. The highest BCUT2D eigenvalue weighted by molar-refractivity contribution is 6.35. The third-order valence-corrected chi connectivity index (χ3v) is 4.54. The van der Waals surface area contributed by atoms with Crippen LogP contribution in [0.2, 0.25) is 5.02 Å². The Bertz CT molecular complexity index is 897. The van der Waals surface area contributed by atoms with E-state index in [1.165, 1.54) is 0 Å². The van der Waals surface area contributed by atoms with Crippen LogP contribution in [-0.4, -0.2) is 21.2 Å². The van der Waals surface area contributed by atoms with Crippen molar-refractivity contribution in [1.82, 2.24) is 14.9 Å². The summed E-state index contributed by atoms with van der Waals surface area (Å²) in [5.74, 6) is 0.556. The molecule has 140 valence electrons. The Kier molecular flexibility index (Phi) is 4.97. The van der Waals surface area contributed by atoms with Crippen LogP contribution in [0.3, 0.4) is 0 Å². The first-order valence-corrected chi connectivity index (χ1v) is 9.29. The maximum absolute atomic E-state index is 13.1. The first-order chi connectivity index (χ1) is 12.2. The van der Waals surface area contributed by atoms with Crippen molar-refractivity contribution in [2.24, 2.45) is 0 Å². The Morgan fingerprint density at radius 3 is 2.69 bits per heavy atom. The number of carbonyl (C=O) groups is 1. The lowest BCUT2D eigenvalue weighted by Crippen LogP contribution is -2.38. The molecule has 1 N–H and O–H groups in total. The van der Waals surface area contributed by atoms with Gasteiger partial charge in [-0.3, -0.25) is 9.36 Å². The molecule has 26 heavy (non-hydrogen) atoms. The molecule has 0 spiro atoms. The van der Waals surface area contributed by atoms with E-state index in [1.54, 1.807) is 22.8 Å². The normalized spacial score (nSPS) is 15.7. The highest BCUT2D eigenvalue weighted by Crippen LogP contribution is 2.36. The van der Waals surface area contributed by atoms with Crippen LogP contribution < -0.4 is 10.9 Å². The van der Waals surface area contributed by atoms with Gasteiger partial charge >= 0.3 is 6.09 Å². The summed E-state index contributed by atoms with van der Waals surface area (Å²) in [6, 6.07) is 4.93. The summed E-state index contributed by atoms with van der Waals surface area (Å²) < 4.78 is 7.05. The molecule has 6 nitrogen and oxygen atoms in total. The van der Waals surface area contributed by atoms with Gasteiger partial charge in [-0.1, -0.05) is 24.6 Å². The molecule has 3 rings (SSSR count). The number of halogens is 1. The Morgan fingerprint density at radius 1 is 1.42 bits per heavy atom. The highest BCUT2D eigenvalue weighted by Gasteiger charge is 2.32. The molecular weight excluding hydrogens is 354 g/mol. The summed E-state index contributed by atoms with van der Waals surface area (Å²) in [6.45, 7) is 7.37. The molecule has 1 aromatic heterocycles. The molecule has 7 heteroatoms. The maximum atomic E-state index is 13.1. The molecule has 1 atom stereocenters. The van der Waals surface area contributed by atoms with Crippen molar-refractivity contribution in [3.05, 3.63) is 39.4 Å². The van der Waals surface area contributed by atoms with Crippen molar-refractivity contribution < 1.29 is 9.53 Å². The predicted molar refractivity (Wildman–Crippen MR) is 102 cm³/mol. The minimum atomic E-state index is -0.594. The maximum Gasteiger partial charge on any atom is 0.408 e. The molecule has 2 aromatic rings. The minimum Gasteiger partial charge on any atom is -0.444 e. The number of nitrogens with one attached hydrogen (secondary N) is 1. The number of carbonyl (C=O) groups excluding carboxylic acids is 1. The first kappa shape index (κ1) is 18.7. The van der Waals surface area contributed by atoms with Gasteiger partial charge in [0.15, 0.2) is 0 Å². The molecule has 1 heterocycles. The average Bonchev–Trinajstić information content (AvgIpc) is 3.35. The number of hydrogen-bond acceptors (Lipinski definition) is 4. The number of hydrogen-bond donors (Lipinski definition) is 1. The number of rotatable bonds is 4. The van der Waals surface area contributed by atoms with Gasteiger partial charge in [0.1, 0.15) is 11.4 Å². The van der Waals surface area contributed by atoms with Gasteiger partial charge in [0, 0.05) is 6.04 Å². The molecule has 1 fully saturated rings. The van der Waals surface area contributed by atoms with Crippen molar-refractivity contribution >= 4 is 28.6 Å². The van der Waals surface area contributed by atoms with Crippen LogP contribution in [0, 0.1) is 0 Å². The zero-order valence-corrected chi connectivity index (χ0v) is 16.3. The molecule has 1 saturated carbocycles. The summed E-state index contributed by atoms with van der Waals surface area (Å²) >= 11 is 6.24. The van der Waals surface area contributed by atoms with Crippen LogP contribution in [0.25, 0.3) is 10.9 Å². The van der Waals surface area contributed by atoms with E-state index in [2.05, 4.69) is 10.3 Å². The zero-order valence-electron chi connectivity index (χ0n) is 15.5. The molecule has 0 bridgehead atoms. The number of aromatic nitrogens is 2. The van der Waals surface area contributed by atoms with E-state index >= 15 is 0 Å². The summed E-state index contributed by atoms with van der Waals surface area (Å²) in [7, 11) is 0. The van der Waals surface area contributed by atoms with Gasteiger partial charge in [-0.25, -0.2) is 9.78 Å². The van der Waals surface area contributed by atoms with E-state index < -0.39 is 17.7 Å². The molecule has 0 unspecified atom stereocenters. The van der Waals surface area contributed by atoms with E-state index in [9.17, 15) is 9.59 Å². The highest BCUT2D eigenvalue weighted by atomic mass is 35.5. The number of benzene rings is 1. The smallest absolute Gasteiger partial charge is 0.408 e. The summed E-state index contributed by atoms with van der Waals surface area (Å²) in [4.78, 5) is 30.0. The molecule has 1 aliphatic rings. The van der Waals surface area contributed by atoms with Gasteiger partial charge in [-0.05, 0) is 52.2 Å². The van der Waals surface area contributed by atoms with Crippen molar-refractivity contribution in [2.45, 2.75) is 64.6 Å². The predicted octanol–water partition coefficient (Wildman–Crippen LogP) is 4.36. The Balaban J connectivity index is 2.06.